The van der Waals surface area contributed by atoms with Gasteiger partial charge < -0.3 is 19.5 Å². The Hall–Kier alpha value is -3.45. The van der Waals surface area contributed by atoms with Crippen molar-refractivity contribution in [2.24, 2.45) is 0 Å². The van der Waals surface area contributed by atoms with Crippen LogP contribution in [0.1, 0.15) is 27.0 Å². The lowest BCUT2D eigenvalue weighted by molar-refractivity contribution is -0.147. The zero-order valence-electron chi connectivity index (χ0n) is 20.1. The number of hydrogen-bond donors (Lipinski definition) is 1. The van der Waals surface area contributed by atoms with E-state index in [2.05, 4.69) is 23.5 Å². The minimum atomic E-state index is -1.14. The molecule has 35 heavy (non-hydrogen) atoms. The highest BCUT2D eigenvalue weighted by atomic mass is 32.2. The molecule has 3 aromatic rings. The Morgan fingerprint density at radius 1 is 0.943 bits per heavy atom. The molecule has 4 rings (SSSR count). The van der Waals surface area contributed by atoms with Gasteiger partial charge in [0, 0.05) is 29.7 Å². The summed E-state index contributed by atoms with van der Waals surface area (Å²) in [7, 11) is 2.90. The smallest absolute Gasteiger partial charge is 0.332 e. The lowest BCUT2D eigenvalue weighted by Crippen LogP contribution is -2.56. The van der Waals surface area contributed by atoms with Crippen LogP contribution in [0.5, 0.6) is 11.5 Å². The van der Waals surface area contributed by atoms with E-state index in [-0.39, 0.29) is 5.91 Å². The van der Waals surface area contributed by atoms with Gasteiger partial charge in [-0.15, -0.1) is 11.8 Å². The van der Waals surface area contributed by atoms with Crippen molar-refractivity contribution in [1.29, 1.82) is 0 Å². The molecule has 0 aliphatic heterocycles. The Morgan fingerprint density at radius 3 is 2.34 bits per heavy atom. The summed E-state index contributed by atoms with van der Waals surface area (Å²) in [6, 6.07) is 21.1. The van der Waals surface area contributed by atoms with E-state index < -0.39 is 11.5 Å². The normalized spacial score (nSPS) is 13.6. The van der Waals surface area contributed by atoms with E-state index in [9.17, 15) is 9.59 Å². The summed E-state index contributed by atoms with van der Waals surface area (Å²) >= 11 is 1.70. The van der Waals surface area contributed by atoms with Gasteiger partial charge in [0.25, 0.3) is 5.91 Å². The van der Waals surface area contributed by atoms with Gasteiger partial charge in [0.05, 0.1) is 20.8 Å². The first-order valence-corrected chi connectivity index (χ1v) is 12.6. The number of esters is 1. The molecule has 3 aromatic carbocycles. The number of rotatable bonds is 9. The second-order valence-corrected chi connectivity index (χ2v) is 9.35. The third-order valence-corrected chi connectivity index (χ3v) is 6.97. The van der Waals surface area contributed by atoms with Crippen LogP contribution < -0.4 is 14.8 Å². The van der Waals surface area contributed by atoms with Gasteiger partial charge in [-0.1, -0.05) is 36.4 Å². The molecule has 1 N–H and O–H groups in total. The van der Waals surface area contributed by atoms with Crippen molar-refractivity contribution in [1.82, 2.24) is 5.32 Å². The van der Waals surface area contributed by atoms with Crippen LogP contribution >= 0.6 is 11.8 Å². The van der Waals surface area contributed by atoms with Crippen LogP contribution in [0.15, 0.2) is 71.6 Å². The summed E-state index contributed by atoms with van der Waals surface area (Å²) in [5.41, 5.74) is 2.47. The number of nitrogens with one attached hydrogen (secondary N) is 1. The van der Waals surface area contributed by atoms with Gasteiger partial charge in [-0.3, -0.25) is 4.79 Å². The third-order valence-electron chi connectivity index (χ3n) is 6.24. The monoisotopic (exact) mass is 491 g/mol. The van der Waals surface area contributed by atoms with Crippen molar-refractivity contribution in [2.75, 3.05) is 27.1 Å². The summed E-state index contributed by atoms with van der Waals surface area (Å²) in [4.78, 5) is 27.3. The molecule has 7 heteroatoms. The van der Waals surface area contributed by atoms with E-state index in [1.165, 1.54) is 17.6 Å². The fourth-order valence-electron chi connectivity index (χ4n) is 4.42. The zero-order chi connectivity index (χ0) is 24.8. The van der Waals surface area contributed by atoms with Gasteiger partial charge in [-0.05, 0) is 53.3 Å². The average molecular weight is 492 g/mol. The number of hydrogen-bond acceptors (Lipinski definition) is 6. The Bertz CT molecular complexity index is 1200. The summed E-state index contributed by atoms with van der Waals surface area (Å²) in [6.07, 6.45) is 3.54. The molecule has 0 spiro atoms. The molecule has 182 valence electrons. The first-order valence-electron chi connectivity index (χ1n) is 11.4. The van der Waals surface area contributed by atoms with Crippen molar-refractivity contribution >= 4 is 23.6 Å². The molecular weight excluding hydrogens is 462 g/mol. The van der Waals surface area contributed by atoms with E-state index >= 15 is 0 Å². The molecule has 0 saturated heterocycles. The maximum Gasteiger partial charge on any atom is 0.332 e. The van der Waals surface area contributed by atoms with E-state index in [0.29, 0.717) is 36.5 Å². The maximum atomic E-state index is 13.3. The molecule has 0 fully saturated rings. The molecule has 6 nitrogen and oxygen atoms in total. The van der Waals surface area contributed by atoms with Crippen LogP contribution in [0.4, 0.5) is 0 Å². The van der Waals surface area contributed by atoms with Gasteiger partial charge >= 0.3 is 5.97 Å². The quantitative estimate of drug-likeness (QED) is 0.352. The Kier molecular flexibility index (Phi) is 7.66. The van der Waals surface area contributed by atoms with Gasteiger partial charge in [-0.25, -0.2) is 4.79 Å². The fraction of sp³-hybridized carbons (Fsp3) is 0.286. The van der Waals surface area contributed by atoms with E-state index in [4.69, 9.17) is 14.2 Å². The fourth-order valence-corrected chi connectivity index (χ4v) is 4.91. The predicted molar refractivity (Wildman–Crippen MR) is 136 cm³/mol. The molecule has 0 bridgehead atoms. The molecule has 0 unspecified atom stereocenters. The van der Waals surface area contributed by atoms with Crippen LogP contribution in [-0.4, -0.2) is 44.5 Å². The molecule has 0 aromatic heterocycles. The summed E-state index contributed by atoms with van der Waals surface area (Å²) in [6.45, 7) is 0.431. The Morgan fingerprint density at radius 2 is 1.69 bits per heavy atom. The van der Waals surface area contributed by atoms with Crippen molar-refractivity contribution < 1.29 is 23.8 Å². The number of carbonyl (C=O) groups is 2. The van der Waals surface area contributed by atoms with Crippen molar-refractivity contribution in [2.45, 2.75) is 29.7 Å². The SMILES string of the molecule is COC(=O)C1(NC(=O)c2ccc(OC)c(OCCc3cccc(SC)c3)c2)Cc2ccccc2C1. The van der Waals surface area contributed by atoms with Crippen LogP contribution in [0.25, 0.3) is 0 Å². The Balaban J connectivity index is 1.49. The highest BCUT2D eigenvalue weighted by Gasteiger charge is 2.46. The number of methoxy groups -OCH3 is 2. The molecule has 1 aliphatic rings. The van der Waals surface area contributed by atoms with Crippen LogP contribution in [0.2, 0.25) is 0 Å². The summed E-state index contributed by atoms with van der Waals surface area (Å²) < 4.78 is 16.5. The first-order chi connectivity index (χ1) is 17.0. The van der Waals surface area contributed by atoms with Crippen molar-refractivity contribution in [3.63, 3.8) is 0 Å². The lowest BCUT2D eigenvalue weighted by Gasteiger charge is -2.27. The van der Waals surface area contributed by atoms with Gasteiger partial charge in [-0.2, -0.15) is 0 Å². The van der Waals surface area contributed by atoms with Crippen molar-refractivity contribution in [3.05, 3.63) is 89.0 Å². The van der Waals surface area contributed by atoms with Gasteiger partial charge in [0.15, 0.2) is 11.5 Å². The molecule has 0 saturated carbocycles. The predicted octanol–water partition coefficient (Wildman–Crippen LogP) is 4.48. The van der Waals surface area contributed by atoms with E-state index in [0.717, 1.165) is 17.5 Å². The van der Waals surface area contributed by atoms with E-state index in [1.807, 2.05) is 36.6 Å². The van der Waals surface area contributed by atoms with Crippen LogP contribution in [0, 0.1) is 0 Å². The maximum absolute atomic E-state index is 13.3. The van der Waals surface area contributed by atoms with Crippen molar-refractivity contribution in [3.8, 4) is 11.5 Å². The minimum absolute atomic E-state index is 0.372. The summed E-state index contributed by atoms with van der Waals surface area (Å²) in [5, 5.41) is 2.95. The summed E-state index contributed by atoms with van der Waals surface area (Å²) in [5.74, 6) is 0.182. The first kappa shape index (κ1) is 24.7. The second kappa shape index (κ2) is 10.9. The van der Waals surface area contributed by atoms with Gasteiger partial charge in [0.1, 0.15) is 5.54 Å². The highest BCUT2D eigenvalue weighted by Crippen LogP contribution is 2.33. The molecule has 0 atom stereocenters. The zero-order valence-corrected chi connectivity index (χ0v) is 20.9. The molecule has 1 amide bonds. The lowest BCUT2D eigenvalue weighted by atomic mass is 9.95. The average Bonchev–Trinajstić information content (AvgIpc) is 3.27. The topological polar surface area (TPSA) is 73.9 Å². The Labute approximate surface area is 210 Å². The van der Waals surface area contributed by atoms with E-state index in [1.54, 1.807) is 37.1 Å². The number of carbonyl (C=O) groups excluding carboxylic acids is 2. The molecule has 0 radical (unpaired) electrons. The standard InChI is InChI=1S/C28H29NO5S/c1-32-24-12-11-20(16-25(24)34-14-13-19-7-6-10-23(15-19)35-3)26(30)29-28(27(31)33-2)17-21-8-4-5-9-22(21)18-28/h4-12,15-16H,13-14,17-18H2,1-3H3,(H,29,30). The molecule has 1 aliphatic carbocycles. The molecule has 0 heterocycles. The number of fused-ring (bicyclic) bond motifs is 1. The second-order valence-electron chi connectivity index (χ2n) is 8.47. The largest absolute Gasteiger partial charge is 0.493 e. The highest BCUT2D eigenvalue weighted by molar-refractivity contribution is 7.98. The molecular formula is C28H29NO5S. The van der Waals surface area contributed by atoms with Crippen LogP contribution in [-0.2, 0) is 28.8 Å². The number of amides is 1. The number of thioether (sulfide) groups is 1. The minimum Gasteiger partial charge on any atom is -0.493 e. The number of benzene rings is 3. The van der Waals surface area contributed by atoms with Gasteiger partial charge in [0.2, 0.25) is 0 Å². The third kappa shape index (κ3) is 5.46. The number of ether oxygens (including phenoxy) is 3. The van der Waals surface area contributed by atoms with Crippen LogP contribution in [0.3, 0.4) is 0 Å².